The summed E-state index contributed by atoms with van der Waals surface area (Å²) in [4.78, 5) is 11.0. The van der Waals surface area contributed by atoms with Gasteiger partial charge < -0.3 is 28.6 Å². The van der Waals surface area contributed by atoms with Gasteiger partial charge in [-0.15, -0.1) is 0 Å². The van der Waals surface area contributed by atoms with Crippen LogP contribution in [-0.4, -0.2) is 62.4 Å². The Hall–Kier alpha value is -0.0900. The van der Waals surface area contributed by atoms with E-state index in [4.69, 9.17) is 32.7 Å². The monoisotopic (exact) mass is 654 g/mol. The summed E-state index contributed by atoms with van der Waals surface area (Å²) >= 11 is 0. The molecule has 0 rings (SSSR count). The molecule has 0 heterocycles. The van der Waals surface area contributed by atoms with E-state index in [1.54, 1.807) is 13.8 Å². The third-order valence-electron chi connectivity index (χ3n) is 7.66. The standard InChI is InChI=1S/C34H71O9P/c1-8-15-17-19-21-22-23-25-27-29-31-42-44(35,36)43-34(40-13-6,41-14-7)33(38-11-4,39-12-5)32(37-10-3)30-28-26-24-20-18-16-9-2/h32H,8-31H2,1-7H3,(H,35,36). The summed E-state index contributed by atoms with van der Waals surface area (Å²) in [6.07, 6.45) is 19.3. The van der Waals surface area contributed by atoms with Crippen LogP contribution in [0.15, 0.2) is 0 Å². The Morgan fingerprint density at radius 2 is 0.955 bits per heavy atom. The lowest BCUT2D eigenvalue weighted by Gasteiger charge is -2.49. The molecule has 0 spiro atoms. The average molecular weight is 655 g/mol. The molecule has 0 aromatic carbocycles. The summed E-state index contributed by atoms with van der Waals surface area (Å²) < 4.78 is 55.9. The van der Waals surface area contributed by atoms with Gasteiger partial charge in [-0.05, 0) is 47.5 Å². The third kappa shape index (κ3) is 17.7. The third-order valence-corrected chi connectivity index (χ3v) is 8.64. The summed E-state index contributed by atoms with van der Waals surface area (Å²) in [5, 5.41) is 0. The highest BCUT2D eigenvalue weighted by molar-refractivity contribution is 7.47. The fourth-order valence-electron chi connectivity index (χ4n) is 5.59. The molecule has 2 unspecified atom stereocenters. The van der Waals surface area contributed by atoms with Gasteiger partial charge in [0.1, 0.15) is 6.10 Å². The van der Waals surface area contributed by atoms with Crippen LogP contribution in [-0.2, 0) is 37.3 Å². The topological polar surface area (TPSA) is 102 Å². The van der Waals surface area contributed by atoms with Crippen molar-refractivity contribution in [1.29, 1.82) is 0 Å². The molecule has 0 aliphatic rings. The first-order chi connectivity index (χ1) is 21.3. The van der Waals surface area contributed by atoms with Crippen LogP contribution in [0.25, 0.3) is 0 Å². The Labute approximate surface area is 271 Å². The fourth-order valence-corrected chi connectivity index (χ4v) is 6.54. The number of ether oxygens (including phenoxy) is 5. The van der Waals surface area contributed by atoms with E-state index >= 15 is 0 Å². The molecule has 0 aromatic heterocycles. The molecule has 0 amide bonds. The molecule has 44 heavy (non-hydrogen) atoms. The lowest BCUT2D eigenvalue weighted by atomic mass is 9.98. The van der Waals surface area contributed by atoms with Gasteiger partial charge in [0.2, 0.25) is 0 Å². The van der Waals surface area contributed by atoms with Crippen molar-refractivity contribution >= 4 is 7.82 Å². The fraction of sp³-hybridized carbons (Fsp3) is 1.00. The van der Waals surface area contributed by atoms with Crippen molar-refractivity contribution in [3.8, 4) is 0 Å². The summed E-state index contributed by atoms with van der Waals surface area (Å²) in [5.74, 6) is -3.98. The van der Waals surface area contributed by atoms with Gasteiger partial charge in [0.25, 0.3) is 5.79 Å². The number of hydrogen-bond donors (Lipinski definition) is 1. The quantitative estimate of drug-likeness (QED) is 0.0412. The lowest BCUT2D eigenvalue weighted by Crippen LogP contribution is -2.68. The van der Waals surface area contributed by atoms with Crippen LogP contribution in [0.3, 0.4) is 0 Å². The Bertz CT molecular complexity index is 667. The molecule has 0 aliphatic carbocycles. The molecule has 0 saturated carbocycles. The van der Waals surface area contributed by atoms with Gasteiger partial charge in [0.05, 0.1) is 6.61 Å². The van der Waals surface area contributed by atoms with Gasteiger partial charge in [-0.3, -0.25) is 4.52 Å². The molecule has 0 bridgehead atoms. The minimum absolute atomic E-state index is 0.0851. The molecule has 0 saturated heterocycles. The van der Waals surface area contributed by atoms with Crippen LogP contribution in [0.4, 0.5) is 0 Å². The Balaban J connectivity index is 5.68. The van der Waals surface area contributed by atoms with Crippen LogP contribution in [0.1, 0.15) is 164 Å². The maximum absolute atomic E-state index is 13.5. The summed E-state index contributed by atoms with van der Waals surface area (Å²) in [6.45, 7) is 14.6. The zero-order valence-corrected chi connectivity index (χ0v) is 30.6. The molecular weight excluding hydrogens is 583 g/mol. The first-order valence-corrected chi connectivity index (χ1v) is 19.6. The summed E-state index contributed by atoms with van der Waals surface area (Å²) in [7, 11) is -4.67. The first kappa shape index (κ1) is 43.9. The molecule has 2 atom stereocenters. The predicted octanol–water partition coefficient (Wildman–Crippen LogP) is 10.1. The van der Waals surface area contributed by atoms with Crippen LogP contribution >= 0.6 is 7.82 Å². The molecular formula is C34H71O9P. The Morgan fingerprint density at radius 1 is 0.545 bits per heavy atom. The maximum atomic E-state index is 13.5. The number of unbranched alkanes of at least 4 members (excludes halogenated alkanes) is 15. The minimum atomic E-state index is -4.67. The van der Waals surface area contributed by atoms with E-state index in [0.29, 0.717) is 19.4 Å². The van der Waals surface area contributed by atoms with Gasteiger partial charge in [0, 0.05) is 33.0 Å². The molecule has 10 heteroatoms. The number of phosphoric acid groups is 1. The van der Waals surface area contributed by atoms with E-state index in [0.717, 1.165) is 32.1 Å². The van der Waals surface area contributed by atoms with Gasteiger partial charge in [-0.1, -0.05) is 117 Å². The molecule has 0 aliphatic heterocycles. The van der Waals surface area contributed by atoms with Gasteiger partial charge in [0.15, 0.2) is 0 Å². The molecule has 0 radical (unpaired) electrons. The SMILES string of the molecule is CCCCCCCCCCCCOP(=O)(O)OC(OCC)(OCC)C(OCC)(OCC)C(CCCCCCCCC)OCC. The van der Waals surface area contributed by atoms with E-state index in [9.17, 15) is 9.46 Å². The van der Waals surface area contributed by atoms with E-state index < -0.39 is 25.7 Å². The molecule has 0 aromatic rings. The van der Waals surface area contributed by atoms with Gasteiger partial charge >= 0.3 is 13.8 Å². The second kappa shape index (κ2) is 28.0. The maximum Gasteiger partial charge on any atom is 0.476 e. The average Bonchev–Trinajstić information content (AvgIpc) is 2.98. The minimum Gasteiger partial charge on any atom is -0.373 e. The smallest absolute Gasteiger partial charge is 0.373 e. The van der Waals surface area contributed by atoms with Crippen LogP contribution < -0.4 is 0 Å². The second-order valence-corrected chi connectivity index (χ2v) is 12.8. The van der Waals surface area contributed by atoms with Crippen molar-refractivity contribution in [2.24, 2.45) is 0 Å². The largest absolute Gasteiger partial charge is 0.476 e. The van der Waals surface area contributed by atoms with Crippen molar-refractivity contribution < 1.29 is 42.2 Å². The van der Waals surface area contributed by atoms with Crippen LogP contribution in [0, 0.1) is 0 Å². The predicted molar refractivity (Wildman–Crippen MR) is 179 cm³/mol. The van der Waals surface area contributed by atoms with Crippen LogP contribution in [0.5, 0.6) is 0 Å². The first-order valence-electron chi connectivity index (χ1n) is 18.1. The van der Waals surface area contributed by atoms with Crippen molar-refractivity contribution in [2.75, 3.05) is 39.6 Å². The number of rotatable bonds is 34. The van der Waals surface area contributed by atoms with Crippen molar-refractivity contribution in [3.05, 3.63) is 0 Å². The van der Waals surface area contributed by atoms with Gasteiger partial charge in [-0.25, -0.2) is 9.09 Å². The zero-order valence-electron chi connectivity index (χ0n) is 29.7. The van der Waals surface area contributed by atoms with Crippen molar-refractivity contribution in [2.45, 2.75) is 182 Å². The van der Waals surface area contributed by atoms with Crippen molar-refractivity contribution in [3.63, 3.8) is 0 Å². The van der Waals surface area contributed by atoms with Gasteiger partial charge in [-0.2, -0.15) is 0 Å². The molecule has 0 fully saturated rings. The second-order valence-electron chi connectivity index (χ2n) is 11.4. The van der Waals surface area contributed by atoms with E-state index in [1.165, 1.54) is 70.6 Å². The van der Waals surface area contributed by atoms with E-state index in [1.807, 2.05) is 20.8 Å². The molecule has 9 nitrogen and oxygen atoms in total. The highest BCUT2D eigenvalue weighted by Gasteiger charge is 2.66. The summed E-state index contributed by atoms with van der Waals surface area (Å²) in [5.41, 5.74) is 0. The number of hydrogen-bond acceptors (Lipinski definition) is 8. The Morgan fingerprint density at radius 3 is 1.36 bits per heavy atom. The highest BCUT2D eigenvalue weighted by atomic mass is 31.2. The summed E-state index contributed by atoms with van der Waals surface area (Å²) in [6, 6.07) is 0. The molecule has 266 valence electrons. The highest BCUT2D eigenvalue weighted by Crippen LogP contribution is 2.53. The zero-order chi connectivity index (χ0) is 33.0. The van der Waals surface area contributed by atoms with Crippen LogP contribution in [0.2, 0.25) is 0 Å². The Kier molecular flexibility index (Phi) is 27.9. The van der Waals surface area contributed by atoms with E-state index in [2.05, 4.69) is 13.8 Å². The molecule has 1 N–H and O–H groups in total. The number of phosphoric ester groups is 1. The lowest BCUT2D eigenvalue weighted by molar-refractivity contribution is -0.494. The van der Waals surface area contributed by atoms with E-state index in [-0.39, 0.29) is 33.0 Å². The normalized spacial score (nSPS) is 14.6. The van der Waals surface area contributed by atoms with Crippen molar-refractivity contribution in [1.82, 2.24) is 0 Å².